The molecule has 0 radical (unpaired) electrons. The number of nitrogens with zero attached hydrogens (tertiary/aromatic N) is 1. The summed E-state index contributed by atoms with van der Waals surface area (Å²) in [5.74, 6) is 0.143. The Morgan fingerprint density at radius 3 is 2.43 bits per heavy atom. The average Bonchev–Trinajstić information content (AvgIpc) is 2.73. The largest absolute Gasteiger partial charge is 0.484 e. The fourth-order valence-corrected chi connectivity index (χ4v) is 3.07. The zero-order valence-electron chi connectivity index (χ0n) is 18.4. The van der Waals surface area contributed by atoms with E-state index in [1.165, 1.54) is 0 Å². The molecule has 2 atom stereocenters. The lowest BCUT2D eigenvalue weighted by molar-refractivity contribution is -0.142. The summed E-state index contributed by atoms with van der Waals surface area (Å²) in [6.45, 7) is 9.76. The van der Waals surface area contributed by atoms with E-state index in [0.29, 0.717) is 17.3 Å². The number of amides is 2. The summed E-state index contributed by atoms with van der Waals surface area (Å²) in [6, 6.07) is 12.5. The highest BCUT2D eigenvalue weighted by Crippen LogP contribution is 2.21. The van der Waals surface area contributed by atoms with Crippen molar-refractivity contribution in [3.63, 3.8) is 0 Å². The third-order valence-corrected chi connectivity index (χ3v) is 5.69. The lowest BCUT2D eigenvalue weighted by Gasteiger charge is -2.30. The third kappa shape index (κ3) is 6.49. The number of benzene rings is 2. The monoisotopic (exact) mass is 430 g/mol. The zero-order chi connectivity index (χ0) is 22.3. The van der Waals surface area contributed by atoms with E-state index in [4.69, 9.17) is 16.3 Å². The molecule has 30 heavy (non-hydrogen) atoms. The molecule has 1 N–H and O–H groups in total. The smallest absolute Gasteiger partial charge is 0.261 e. The number of ether oxygens (including phenoxy) is 1. The van der Waals surface area contributed by atoms with Crippen LogP contribution in [0.3, 0.4) is 0 Å². The maximum atomic E-state index is 13.1. The minimum Gasteiger partial charge on any atom is -0.484 e. The highest BCUT2D eigenvalue weighted by molar-refractivity contribution is 6.31. The Labute approximate surface area is 184 Å². The molecule has 0 aliphatic rings. The normalized spacial score (nSPS) is 12.7. The van der Waals surface area contributed by atoms with Gasteiger partial charge in [0.15, 0.2) is 6.61 Å². The van der Waals surface area contributed by atoms with Crippen LogP contribution in [0.5, 0.6) is 5.75 Å². The predicted octanol–water partition coefficient (Wildman–Crippen LogP) is 4.67. The van der Waals surface area contributed by atoms with Crippen LogP contribution >= 0.6 is 11.6 Å². The molecule has 0 aliphatic heterocycles. The van der Waals surface area contributed by atoms with E-state index in [-0.39, 0.29) is 24.5 Å². The number of nitrogens with one attached hydrogen (secondary N) is 1. The van der Waals surface area contributed by atoms with E-state index in [1.54, 1.807) is 30.0 Å². The van der Waals surface area contributed by atoms with Gasteiger partial charge in [-0.3, -0.25) is 9.59 Å². The lowest BCUT2D eigenvalue weighted by atomic mass is 10.1. The molecule has 0 unspecified atom stereocenters. The van der Waals surface area contributed by atoms with E-state index in [2.05, 4.69) is 5.32 Å². The van der Waals surface area contributed by atoms with E-state index >= 15 is 0 Å². The molecule has 2 amide bonds. The molecule has 5 nitrogen and oxygen atoms in total. The van der Waals surface area contributed by atoms with Crippen LogP contribution < -0.4 is 10.1 Å². The number of halogens is 1. The minimum atomic E-state index is -0.623. The van der Waals surface area contributed by atoms with Gasteiger partial charge in [0, 0.05) is 17.6 Å². The molecule has 2 rings (SSSR count). The van der Waals surface area contributed by atoms with Crippen LogP contribution in [0.1, 0.15) is 43.9 Å². The van der Waals surface area contributed by atoms with Gasteiger partial charge >= 0.3 is 0 Å². The number of hydrogen-bond acceptors (Lipinski definition) is 3. The maximum absolute atomic E-state index is 13.1. The number of rotatable bonds is 9. The van der Waals surface area contributed by atoms with Crippen LogP contribution in [0, 0.1) is 13.8 Å². The first-order valence-corrected chi connectivity index (χ1v) is 10.6. The Morgan fingerprint density at radius 2 is 1.80 bits per heavy atom. The summed E-state index contributed by atoms with van der Waals surface area (Å²) in [5, 5.41) is 3.61. The molecule has 0 saturated carbocycles. The quantitative estimate of drug-likeness (QED) is 0.629. The van der Waals surface area contributed by atoms with E-state index in [0.717, 1.165) is 23.1 Å². The average molecular weight is 431 g/mol. The zero-order valence-corrected chi connectivity index (χ0v) is 19.1. The lowest BCUT2D eigenvalue weighted by Crippen LogP contribution is -2.50. The van der Waals surface area contributed by atoms with Crippen molar-refractivity contribution in [2.45, 2.75) is 59.7 Å². The Morgan fingerprint density at radius 1 is 1.10 bits per heavy atom. The van der Waals surface area contributed by atoms with Crippen molar-refractivity contribution in [1.82, 2.24) is 10.2 Å². The molecule has 0 aliphatic carbocycles. The SMILES string of the molecule is CC[C@@H](C)NC(=O)[C@H](C)N(Cc1ccccc1C)C(=O)COc1ccc(Cl)c(C)c1. The Bertz CT molecular complexity index is 885. The molecule has 0 fully saturated rings. The number of aryl methyl sites for hydroxylation is 2. The maximum Gasteiger partial charge on any atom is 0.261 e. The van der Waals surface area contributed by atoms with E-state index < -0.39 is 6.04 Å². The van der Waals surface area contributed by atoms with Crippen LogP contribution in [0.4, 0.5) is 0 Å². The second-order valence-corrected chi connectivity index (χ2v) is 8.05. The Hall–Kier alpha value is -2.53. The standard InChI is InChI=1S/C24H31ClN2O3/c1-6-18(4)26-24(29)19(5)27(14-20-10-8-7-9-16(20)2)23(28)15-30-21-11-12-22(25)17(3)13-21/h7-13,18-19H,6,14-15H2,1-5H3,(H,26,29)/t18-,19+/m1/s1. The molecule has 2 aromatic carbocycles. The Balaban J connectivity index is 2.18. The van der Waals surface area contributed by atoms with Crippen molar-refractivity contribution in [2.24, 2.45) is 0 Å². The van der Waals surface area contributed by atoms with Gasteiger partial charge < -0.3 is 15.0 Å². The molecular formula is C24H31ClN2O3. The second-order valence-electron chi connectivity index (χ2n) is 7.64. The summed E-state index contributed by atoms with van der Waals surface area (Å²) in [5.41, 5.74) is 2.94. The van der Waals surface area contributed by atoms with Gasteiger partial charge in [-0.2, -0.15) is 0 Å². The summed E-state index contributed by atoms with van der Waals surface area (Å²) in [4.78, 5) is 27.4. The molecule has 162 valence electrons. The third-order valence-electron chi connectivity index (χ3n) is 5.26. The van der Waals surface area contributed by atoms with Crippen LogP contribution in [-0.2, 0) is 16.1 Å². The highest BCUT2D eigenvalue weighted by atomic mass is 35.5. The van der Waals surface area contributed by atoms with Crippen LogP contribution in [0.25, 0.3) is 0 Å². The Kier molecular flexibility index (Phi) is 8.72. The molecule has 6 heteroatoms. The number of carbonyl (C=O) groups is 2. The van der Waals surface area contributed by atoms with E-state index in [9.17, 15) is 9.59 Å². The first kappa shape index (κ1) is 23.7. The van der Waals surface area contributed by atoms with Gasteiger partial charge in [-0.1, -0.05) is 42.8 Å². The minimum absolute atomic E-state index is 0.0451. The van der Waals surface area contributed by atoms with Crippen molar-refractivity contribution in [3.05, 3.63) is 64.2 Å². The molecular weight excluding hydrogens is 400 g/mol. The van der Waals surface area contributed by atoms with Crippen molar-refractivity contribution in [3.8, 4) is 5.75 Å². The molecule has 0 spiro atoms. The first-order chi connectivity index (χ1) is 14.2. The first-order valence-electron chi connectivity index (χ1n) is 10.3. The van der Waals surface area contributed by atoms with Gasteiger partial charge in [0.2, 0.25) is 5.91 Å². The van der Waals surface area contributed by atoms with Gasteiger partial charge in [-0.15, -0.1) is 0 Å². The fourth-order valence-electron chi connectivity index (χ4n) is 2.95. The van der Waals surface area contributed by atoms with Gasteiger partial charge in [0.1, 0.15) is 11.8 Å². The van der Waals surface area contributed by atoms with Gasteiger partial charge in [0.25, 0.3) is 5.91 Å². The van der Waals surface area contributed by atoms with Crippen molar-refractivity contribution in [1.29, 1.82) is 0 Å². The summed E-state index contributed by atoms with van der Waals surface area (Å²) in [7, 11) is 0. The van der Waals surface area contributed by atoms with Crippen LogP contribution in [0.2, 0.25) is 5.02 Å². The molecule has 0 heterocycles. The molecule has 0 saturated heterocycles. The second kappa shape index (κ2) is 11.0. The van der Waals surface area contributed by atoms with Gasteiger partial charge in [0.05, 0.1) is 0 Å². The van der Waals surface area contributed by atoms with Crippen molar-refractivity contribution >= 4 is 23.4 Å². The summed E-state index contributed by atoms with van der Waals surface area (Å²) < 4.78 is 5.70. The summed E-state index contributed by atoms with van der Waals surface area (Å²) in [6.07, 6.45) is 0.823. The molecule has 0 aromatic heterocycles. The van der Waals surface area contributed by atoms with E-state index in [1.807, 2.05) is 52.0 Å². The number of hydrogen-bond donors (Lipinski definition) is 1. The number of carbonyl (C=O) groups excluding carboxylic acids is 2. The van der Waals surface area contributed by atoms with Gasteiger partial charge in [-0.05, 0) is 69.0 Å². The van der Waals surface area contributed by atoms with Crippen LogP contribution in [-0.4, -0.2) is 35.4 Å². The van der Waals surface area contributed by atoms with Crippen molar-refractivity contribution < 1.29 is 14.3 Å². The highest BCUT2D eigenvalue weighted by Gasteiger charge is 2.27. The summed E-state index contributed by atoms with van der Waals surface area (Å²) >= 11 is 6.05. The van der Waals surface area contributed by atoms with Gasteiger partial charge in [-0.25, -0.2) is 0 Å². The predicted molar refractivity (Wildman–Crippen MR) is 121 cm³/mol. The van der Waals surface area contributed by atoms with Crippen molar-refractivity contribution in [2.75, 3.05) is 6.61 Å². The van der Waals surface area contributed by atoms with Crippen LogP contribution in [0.15, 0.2) is 42.5 Å². The molecule has 0 bridgehead atoms. The fraction of sp³-hybridized carbons (Fsp3) is 0.417. The molecule has 2 aromatic rings. The topological polar surface area (TPSA) is 58.6 Å².